The molecule has 0 saturated heterocycles. The molecule has 1 aromatic rings. The van der Waals surface area contributed by atoms with Gasteiger partial charge in [-0.2, -0.15) is 0 Å². The Morgan fingerprint density at radius 3 is 2.75 bits per heavy atom. The monoisotopic (exact) mass is 353 g/mol. The number of hydrogen-bond acceptors (Lipinski definition) is 5. The van der Waals surface area contributed by atoms with Gasteiger partial charge in [0.1, 0.15) is 11.8 Å². The molecule has 0 bridgehead atoms. The van der Waals surface area contributed by atoms with Crippen LogP contribution in [0.4, 0.5) is 0 Å². The molecule has 0 spiro atoms. The van der Waals surface area contributed by atoms with Gasteiger partial charge in [-0.3, -0.25) is 14.5 Å². The number of ether oxygens (including phenoxy) is 2. The van der Waals surface area contributed by atoms with Crippen LogP contribution in [-0.4, -0.2) is 50.0 Å². The molecule has 0 saturated carbocycles. The molecule has 132 valence electrons. The SMILES string of the molecule is COC(=O)[C@H](CC(C)C)N(C)CC1c2cc(Cl)ccc2OC1C=O. The van der Waals surface area contributed by atoms with E-state index < -0.39 is 6.10 Å². The van der Waals surface area contributed by atoms with E-state index in [4.69, 9.17) is 21.1 Å². The third-order valence-corrected chi connectivity index (χ3v) is 4.58. The van der Waals surface area contributed by atoms with Crippen LogP contribution in [0.15, 0.2) is 18.2 Å². The number of methoxy groups -OCH3 is 1. The lowest BCUT2D eigenvalue weighted by Crippen LogP contribution is -2.43. The molecular weight excluding hydrogens is 330 g/mol. The maximum Gasteiger partial charge on any atom is 0.323 e. The second-order valence-electron chi connectivity index (χ2n) is 6.62. The molecule has 2 unspecified atom stereocenters. The third kappa shape index (κ3) is 4.08. The first kappa shape index (κ1) is 18.7. The van der Waals surface area contributed by atoms with Crippen LogP contribution >= 0.6 is 11.6 Å². The summed E-state index contributed by atoms with van der Waals surface area (Å²) < 4.78 is 10.6. The van der Waals surface area contributed by atoms with Crippen molar-refractivity contribution >= 4 is 23.9 Å². The van der Waals surface area contributed by atoms with Crippen LogP contribution in [0, 0.1) is 5.92 Å². The number of halogens is 1. The van der Waals surface area contributed by atoms with Crippen LogP contribution in [-0.2, 0) is 14.3 Å². The molecule has 0 amide bonds. The van der Waals surface area contributed by atoms with Gasteiger partial charge in [-0.15, -0.1) is 0 Å². The van der Waals surface area contributed by atoms with Gasteiger partial charge in [0.05, 0.1) is 7.11 Å². The fourth-order valence-electron chi connectivity index (χ4n) is 3.12. The fraction of sp³-hybridized carbons (Fsp3) is 0.556. The lowest BCUT2D eigenvalue weighted by atomic mass is 9.94. The number of carbonyl (C=O) groups excluding carboxylic acids is 2. The highest BCUT2D eigenvalue weighted by Gasteiger charge is 2.37. The molecular formula is C18H24ClNO4. The minimum Gasteiger partial charge on any atom is -0.482 e. The Hall–Kier alpha value is -1.59. The molecule has 0 aromatic heterocycles. The number of aldehydes is 1. The molecule has 1 aromatic carbocycles. The van der Waals surface area contributed by atoms with Gasteiger partial charge in [0.25, 0.3) is 0 Å². The largest absolute Gasteiger partial charge is 0.482 e. The average Bonchev–Trinajstić information content (AvgIpc) is 2.88. The number of likely N-dealkylation sites (N-methyl/N-ethyl adjacent to an activating group) is 1. The van der Waals surface area contributed by atoms with Crippen molar-refractivity contribution < 1.29 is 19.1 Å². The fourth-order valence-corrected chi connectivity index (χ4v) is 3.30. The normalized spacial score (nSPS) is 20.6. The second-order valence-corrected chi connectivity index (χ2v) is 7.05. The smallest absolute Gasteiger partial charge is 0.323 e. The van der Waals surface area contributed by atoms with Crippen LogP contribution in [0.3, 0.4) is 0 Å². The molecule has 6 heteroatoms. The Labute approximate surface area is 147 Å². The van der Waals surface area contributed by atoms with Crippen molar-refractivity contribution in [3.63, 3.8) is 0 Å². The summed E-state index contributed by atoms with van der Waals surface area (Å²) in [7, 11) is 3.26. The van der Waals surface area contributed by atoms with Crippen LogP contribution in [0.2, 0.25) is 5.02 Å². The highest BCUT2D eigenvalue weighted by Crippen LogP contribution is 2.39. The molecule has 24 heavy (non-hydrogen) atoms. The van der Waals surface area contributed by atoms with Crippen molar-refractivity contribution in [2.24, 2.45) is 5.92 Å². The quantitative estimate of drug-likeness (QED) is 0.557. The van der Waals surface area contributed by atoms with Gasteiger partial charge in [-0.1, -0.05) is 25.4 Å². The van der Waals surface area contributed by atoms with Crippen LogP contribution < -0.4 is 4.74 Å². The van der Waals surface area contributed by atoms with Crippen molar-refractivity contribution in [3.05, 3.63) is 28.8 Å². The van der Waals surface area contributed by atoms with Gasteiger partial charge >= 0.3 is 5.97 Å². The third-order valence-electron chi connectivity index (χ3n) is 4.35. The van der Waals surface area contributed by atoms with Gasteiger partial charge in [0.2, 0.25) is 0 Å². The van der Waals surface area contributed by atoms with E-state index in [0.717, 1.165) is 11.8 Å². The minimum absolute atomic E-state index is 0.166. The molecule has 0 fully saturated rings. The van der Waals surface area contributed by atoms with E-state index >= 15 is 0 Å². The Bertz CT molecular complexity index is 605. The molecule has 0 radical (unpaired) electrons. The number of benzene rings is 1. The van der Waals surface area contributed by atoms with E-state index in [-0.39, 0.29) is 17.9 Å². The molecule has 1 aliphatic heterocycles. The molecule has 2 rings (SSSR count). The van der Waals surface area contributed by atoms with Gasteiger partial charge in [0, 0.05) is 23.0 Å². The summed E-state index contributed by atoms with van der Waals surface area (Å²) in [6.45, 7) is 4.63. The van der Waals surface area contributed by atoms with Crippen molar-refractivity contribution in [2.75, 3.05) is 20.7 Å². The van der Waals surface area contributed by atoms with Crippen LogP contribution in [0.5, 0.6) is 5.75 Å². The van der Waals surface area contributed by atoms with E-state index in [1.807, 2.05) is 18.0 Å². The summed E-state index contributed by atoms with van der Waals surface area (Å²) in [6, 6.07) is 4.99. The lowest BCUT2D eigenvalue weighted by Gasteiger charge is -2.30. The molecule has 3 atom stereocenters. The average molecular weight is 354 g/mol. The van der Waals surface area contributed by atoms with Crippen molar-refractivity contribution in [1.82, 2.24) is 4.90 Å². The topological polar surface area (TPSA) is 55.8 Å². The van der Waals surface area contributed by atoms with Crippen molar-refractivity contribution in [1.29, 1.82) is 0 Å². The predicted octanol–water partition coefficient (Wildman–Crippen LogP) is 2.90. The summed E-state index contributed by atoms with van der Waals surface area (Å²) in [5.74, 6) is 0.591. The first-order chi connectivity index (χ1) is 11.4. The first-order valence-corrected chi connectivity index (χ1v) is 8.44. The molecule has 0 N–H and O–H groups in total. The number of hydrogen-bond donors (Lipinski definition) is 0. The number of carbonyl (C=O) groups is 2. The Morgan fingerprint density at radius 2 is 2.17 bits per heavy atom. The number of esters is 1. The minimum atomic E-state index is -0.571. The standard InChI is InChI=1S/C18H24ClNO4/c1-11(2)7-15(18(22)23-4)20(3)9-14-13-8-12(19)5-6-16(13)24-17(14)10-21/h5-6,8,10-11,14-15,17H,7,9H2,1-4H3/t14?,15-,17?/m0/s1. The maximum absolute atomic E-state index is 12.1. The number of nitrogens with zero attached hydrogens (tertiary/aromatic N) is 1. The lowest BCUT2D eigenvalue weighted by molar-refractivity contribution is -0.147. The Kier molecular flexibility index (Phi) is 6.24. The summed E-state index contributed by atoms with van der Waals surface area (Å²) >= 11 is 6.09. The Morgan fingerprint density at radius 1 is 1.46 bits per heavy atom. The van der Waals surface area contributed by atoms with Gasteiger partial charge in [-0.25, -0.2) is 0 Å². The predicted molar refractivity (Wildman–Crippen MR) is 92.6 cm³/mol. The Balaban J connectivity index is 2.22. The van der Waals surface area contributed by atoms with Crippen molar-refractivity contribution in [2.45, 2.75) is 38.3 Å². The first-order valence-electron chi connectivity index (χ1n) is 8.06. The van der Waals surface area contributed by atoms with E-state index in [9.17, 15) is 9.59 Å². The highest BCUT2D eigenvalue weighted by molar-refractivity contribution is 6.30. The molecule has 1 aliphatic rings. The van der Waals surface area contributed by atoms with Gasteiger partial charge in [-0.05, 0) is 37.6 Å². The number of fused-ring (bicyclic) bond motifs is 1. The van der Waals surface area contributed by atoms with Crippen LogP contribution in [0.25, 0.3) is 0 Å². The number of rotatable bonds is 7. The van der Waals surface area contributed by atoms with E-state index in [0.29, 0.717) is 29.7 Å². The van der Waals surface area contributed by atoms with Crippen molar-refractivity contribution in [3.8, 4) is 5.75 Å². The zero-order chi connectivity index (χ0) is 17.9. The highest BCUT2D eigenvalue weighted by atomic mass is 35.5. The van der Waals surface area contributed by atoms with Gasteiger partial charge < -0.3 is 9.47 Å². The summed E-state index contributed by atoms with van der Waals surface area (Å²) in [6.07, 6.45) is 0.922. The van der Waals surface area contributed by atoms with E-state index in [1.165, 1.54) is 7.11 Å². The van der Waals surface area contributed by atoms with Crippen LogP contribution in [0.1, 0.15) is 31.7 Å². The maximum atomic E-state index is 12.1. The zero-order valence-electron chi connectivity index (χ0n) is 14.5. The molecule has 5 nitrogen and oxygen atoms in total. The molecule has 1 heterocycles. The molecule has 0 aliphatic carbocycles. The van der Waals surface area contributed by atoms with E-state index in [1.54, 1.807) is 12.1 Å². The van der Waals surface area contributed by atoms with Gasteiger partial charge in [0.15, 0.2) is 12.4 Å². The summed E-state index contributed by atoms with van der Waals surface area (Å²) in [5, 5.41) is 0.600. The summed E-state index contributed by atoms with van der Waals surface area (Å²) in [5.41, 5.74) is 0.902. The zero-order valence-corrected chi connectivity index (χ0v) is 15.2. The van der Waals surface area contributed by atoms with E-state index in [2.05, 4.69) is 13.8 Å². The summed E-state index contributed by atoms with van der Waals surface area (Å²) in [4.78, 5) is 25.5. The second kappa shape index (κ2) is 7.99.